The normalized spacial score (nSPS) is 10.6. The van der Waals surface area contributed by atoms with Crippen molar-refractivity contribution in [2.24, 2.45) is 0 Å². The molecular weight excluding hydrogens is 474 g/mol. The maximum atomic E-state index is 13.6. The molecule has 0 bridgehead atoms. The van der Waals surface area contributed by atoms with E-state index in [0.717, 1.165) is 16.7 Å². The smallest absolute Gasteiger partial charge is 0.258 e. The number of nitrogens with one attached hydrogen (secondary N) is 1. The predicted molar refractivity (Wildman–Crippen MR) is 138 cm³/mol. The van der Waals surface area contributed by atoms with Gasteiger partial charge in [-0.25, -0.2) is 8.78 Å². The van der Waals surface area contributed by atoms with Gasteiger partial charge in [0.05, 0.1) is 20.1 Å². The lowest BCUT2D eigenvalue weighted by Crippen LogP contribution is -2.30. The van der Waals surface area contributed by atoms with Crippen LogP contribution in [0.4, 0.5) is 14.5 Å². The zero-order valence-corrected chi connectivity index (χ0v) is 20.3. The largest absolute Gasteiger partial charge is 0.497 e. The molecule has 7 heteroatoms. The third-order valence-corrected chi connectivity index (χ3v) is 5.81. The van der Waals surface area contributed by atoms with Crippen LogP contribution < -0.4 is 15.0 Å². The molecular formula is C30H26F2N2O3. The number of amides is 2. The average Bonchev–Trinajstić information content (AvgIpc) is 2.92. The van der Waals surface area contributed by atoms with E-state index in [4.69, 9.17) is 4.74 Å². The second-order valence-corrected chi connectivity index (χ2v) is 8.50. The number of ether oxygens (including phenoxy) is 1. The third kappa shape index (κ3) is 7.01. The Balaban J connectivity index is 1.55. The van der Waals surface area contributed by atoms with Crippen LogP contribution in [-0.2, 0) is 24.3 Å². The van der Waals surface area contributed by atoms with Crippen molar-refractivity contribution in [2.45, 2.75) is 19.5 Å². The molecule has 188 valence electrons. The number of hydrogen-bond donors (Lipinski definition) is 1. The Kier molecular flexibility index (Phi) is 8.26. The van der Waals surface area contributed by atoms with Crippen molar-refractivity contribution in [3.8, 4) is 5.75 Å². The number of halogens is 2. The SMILES string of the molecule is COc1cccc(C(=O)N(Cc2ccc(F)cc2)c2cccc(CC(=O)NCc3ccc(F)cc3)c2)c1. The summed E-state index contributed by atoms with van der Waals surface area (Å²) >= 11 is 0. The van der Waals surface area contributed by atoms with E-state index in [9.17, 15) is 18.4 Å². The van der Waals surface area contributed by atoms with Gasteiger partial charge in [0.15, 0.2) is 0 Å². The Hall–Kier alpha value is -4.52. The molecule has 4 rings (SSSR count). The van der Waals surface area contributed by atoms with E-state index in [1.165, 1.54) is 31.4 Å². The molecule has 0 heterocycles. The molecule has 0 aromatic heterocycles. The zero-order chi connectivity index (χ0) is 26.2. The van der Waals surface area contributed by atoms with Crippen molar-refractivity contribution in [1.82, 2.24) is 5.32 Å². The van der Waals surface area contributed by atoms with Crippen molar-refractivity contribution in [3.05, 3.63) is 131 Å². The molecule has 4 aromatic carbocycles. The Bertz CT molecular complexity index is 1370. The maximum Gasteiger partial charge on any atom is 0.258 e. The minimum absolute atomic E-state index is 0.104. The number of anilines is 1. The first-order valence-corrected chi connectivity index (χ1v) is 11.7. The van der Waals surface area contributed by atoms with Crippen LogP contribution in [0.25, 0.3) is 0 Å². The van der Waals surface area contributed by atoms with E-state index in [0.29, 0.717) is 17.0 Å². The summed E-state index contributed by atoms with van der Waals surface area (Å²) in [5.74, 6) is -0.602. The van der Waals surface area contributed by atoms with Crippen LogP contribution in [0.5, 0.6) is 5.75 Å². The highest BCUT2D eigenvalue weighted by Gasteiger charge is 2.20. The Morgan fingerprint density at radius 3 is 2.11 bits per heavy atom. The minimum Gasteiger partial charge on any atom is -0.497 e. The van der Waals surface area contributed by atoms with Crippen LogP contribution in [-0.4, -0.2) is 18.9 Å². The van der Waals surface area contributed by atoms with Crippen LogP contribution >= 0.6 is 0 Å². The van der Waals surface area contributed by atoms with Gasteiger partial charge >= 0.3 is 0 Å². The van der Waals surface area contributed by atoms with Crippen molar-refractivity contribution in [2.75, 3.05) is 12.0 Å². The van der Waals surface area contributed by atoms with Crippen molar-refractivity contribution in [1.29, 1.82) is 0 Å². The first-order valence-electron chi connectivity index (χ1n) is 11.7. The fraction of sp³-hybridized carbons (Fsp3) is 0.133. The molecule has 0 atom stereocenters. The van der Waals surface area contributed by atoms with Gasteiger partial charge in [-0.2, -0.15) is 0 Å². The van der Waals surface area contributed by atoms with Crippen molar-refractivity contribution >= 4 is 17.5 Å². The number of carbonyl (C=O) groups is 2. The second kappa shape index (κ2) is 11.9. The number of nitrogens with zero attached hydrogens (tertiary/aromatic N) is 1. The number of benzene rings is 4. The molecule has 4 aromatic rings. The first kappa shape index (κ1) is 25.6. The molecule has 2 amide bonds. The maximum absolute atomic E-state index is 13.6. The van der Waals surface area contributed by atoms with Gasteiger partial charge in [0.2, 0.25) is 5.91 Å². The summed E-state index contributed by atoms with van der Waals surface area (Å²) in [6, 6.07) is 25.9. The van der Waals surface area contributed by atoms with Gasteiger partial charge in [-0.05, 0) is 71.3 Å². The number of carbonyl (C=O) groups excluding carboxylic acids is 2. The van der Waals surface area contributed by atoms with Crippen molar-refractivity contribution in [3.63, 3.8) is 0 Å². The summed E-state index contributed by atoms with van der Waals surface area (Å²) in [6.07, 6.45) is 0.104. The van der Waals surface area contributed by atoms with E-state index in [1.807, 2.05) is 6.07 Å². The van der Waals surface area contributed by atoms with Crippen molar-refractivity contribution < 1.29 is 23.1 Å². The predicted octanol–water partition coefficient (Wildman–Crippen LogP) is 5.68. The highest BCUT2D eigenvalue weighted by molar-refractivity contribution is 6.06. The highest BCUT2D eigenvalue weighted by Crippen LogP contribution is 2.24. The molecule has 37 heavy (non-hydrogen) atoms. The van der Waals surface area contributed by atoms with Gasteiger partial charge in [0, 0.05) is 17.8 Å². The lowest BCUT2D eigenvalue weighted by Gasteiger charge is -2.24. The topological polar surface area (TPSA) is 58.6 Å². The molecule has 0 saturated heterocycles. The molecule has 0 aliphatic rings. The average molecular weight is 501 g/mol. The molecule has 0 aliphatic heterocycles. The van der Waals surface area contributed by atoms with Gasteiger partial charge in [0.1, 0.15) is 17.4 Å². The Morgan fingerprint density at radius 1 is 0.784 bits per heavy atom. The fourth-order valence-corrected chi connectivity index (χ4v) is 3.85. The summed E-state index contributed by atoms with van der Waals surface area (Å²) in [5.41, 5.74) is 3.29. The number of methoxy groups -OCH3 is 1. The molecule has 0 fully saturated rings. The summed E-state index contributed by atoms with van der Waals surface area (Å²) in [5, 5.41) is 2.83. The first-order chi connectivity index (χ1) is 17.9. The van der Waals surface area contributed by atoms with Gasteiger partial charge < -0.3 is 15.0 Å². The summed E-state index contributed by atoms with van der Waals surface area (Å²) in [6.45, 7) is 0.486. The molecule has 0 unspecified atom stereocenters. The van der Waals surface area contributed by atoms with E-state index < -0.39 is 0 Å². The fourth-order valence-electron chi connectivity index (χ4n) is 3.85. The second-order valence-electron chi connectivity index (χ2n) is 8.50. The molecule has 1 N–H and O–H groups in total. The van der Waals surface area contributed by atoms with Crippen LogP contribution in [0.15, 0.2) is 97.1 Å². The van der Waals surface area contributed by atoms with E-state index in [2.05, 4.69) is 5.32 Å². The van der Waals surface area contributed by atoms with E-state index in [-0.39, 0.29) is 43.0 Å². The monoisotopic (exact) mass is 500 g/mol. The van der Waals surface area contributed by atoms with Gasteiger partial charge in [0.25, 0.3) is 5.91 Å². The zero-order valence-electron chi connectivity index (χ0n) is 20.3. The summed E-state index contributed by atoms with van der Waals surface area (Å²) in [4.78, 5) is 27.7. The van der Waals surface area contributed by atoms with E-state index >= 15 is 0 Å². The number of hydrogen-bond acceptors (Lipinski definition) is 3. The third-order valence-electron chi connectivity index (χ3n) is 5.81. The molecule has 0 radical (unpaired) electrons. The van der Waals surface area contributed by atoms with Crippen LogP contribution in [0.2, 0.25) is 0 Å². The van der Waals surface area contributed by atoms with Gasteiger partial charge in [-0.3, -0.25) is 9.59 Å². The summed E-state index contributed by atoms with van der Waals surface area (Å²) < 4.78 is 31.8. The standard InChI is InChI=1S/C30H26F2N2O3/c1-37-28-7-3-5-24(18-28)30(36)34(20-22-10-14-26(32)15-11-22)27-6-2-4-23(16-27)17-29(35)33-19-21-8-12-25(31)13-9-21/h2-16,18H,17,19-20H2,1H3,(H,33,35). The molecule has 5 nitrogen and oxygen atoms in total. The van der Waals surface area contributed by atoms with Crippen LogP contribution in [0.3, 0.4) is 0 Å². The van der Waals surface area contributed by atoms with Gasteiger partial charge in [-0.1, -0.05) is 42.5 Å². The highest BCUT2D eigenvalue weighted by atomic mass is 19.1. The number of rotatable bonds is 9. The van der Waals surface area contributed by atoms with E-state index in [1.54, 1.807) is 71.6 Å². The van der Waals surface area contributed by atoms with Crippen LogP contribution in [0, 0.1) is 11.6 Å². The lowest BCUT2D eigenvalue weighted by molar-refractivity contribution is -0.120. The minimum atomic E-state index is -0.358. The Morgan fingerprint density at radius 2 is 1.43 bits per heavy atom. The molecule has 0 spiro atoms. The molecule has 0 aliphatic carbocycles. The summed E-state index contributed by atoms with van der Waals surface area (Å²) in [7, 11) is 1.53. The van der Waals surface area contributed by atoms with Crippen LogP contribution in [0.1, 0.15) is 27.0 Å². The quantitative estimate of drug-likeness (QED) is 0.322. The lowest BCUT2D eigenvalue weighted by atomic mass is 10.1. The van der Waals surface area contributed by atoms with Gasteiger partial charge in [-0.15, -0.1) is 0 Å². The molecule has 0 saturated carbocycles. The Labute approximate surface area is 214 Å².